The smallest absolute Gasteiger partial charge is 0.394 e. The number of halogens is 3. The van der Waals surface area contributed by atoms with Crippen LogP contribution in [0, 0.1) is 0 Å². The Labute approximate surface area is 127 Å². The van der Waals surface area contributed by atoms with Gasteiger partial charge in [0, 0.05) is 6.92 Å². The van der Waals surface area contributed by atoms with Gasteiger partial charge in [0.05, 0.1) is 6.61 Å². The third-order valence-corrected chi connectivity index (χ3v) is 2.95. The van der Waals surface area contributed by atoms with Crippen LogP contribution in [0.5, 0.6) is 0 Å². The van der Waals surface area contributed by atoms with E-state index in [9.17, 15) is 31.2 Å². The lowest BCUT2D eigenvalue weighted by Crippen LogP contribution is -2.46. The van der Waals surface area contributed by atoms with Crippen LogP contribution in [-0.4, -0.2) is 82.7 Å². The standard InChI is InChI=1S/C6H12O6.C3H3F3O4S/c7-1-3(9)5(11)6(12)4(10)2-8;1-2(7)10-11(8,9)3(4,5)6/h1,3-6,8-12H,2H2;1H3/t3-,4-,5-,6-;/m1./s1. The topological polar surface area (TPSA) is 179 Å². The molecule has 0 aromatic carbocycles. The van der Waals surface area contributed by atoms with Crippen LogP contribution < -0.4 is 0 Å². The molecule has 0 bridgehead atoms. The van der Waals surface area contributed by atoms with Crippen molar-refractivity contribution in [3.05, 3.63) is 0 Å². The molecule has 0 spiro atoms. The lowest BCUT2D eigenvalue weighted by atomic mass is 10.0. The van der Waals surface area contributed by atoms with Crippen molar-refractivity contribution >= 4 is 22.4 Å². The molecule has 0 saturated carbocycles. The molecule has 0 heterocycles. The van der Waals surface area contributed by atoms with Crippen molar-refractivity contribution in [1.82, 2.24) is 0 Å². The summed E-state index contributed by atoms with van der Waals surface area (Å²) in [5.41, 5.74) is -5.54. The van der Waals surface area contributed by atoms with Gasteiger partial charge >= 0.3 is 21.6 Å². The average molecular weight is 372 g/mol. The Kier molecular flexibility index (Phi) is 10.1. The van der Waals surface area contributed by atoms with Crippen molar-refractivity contribution in [3.63, 3.8) is 0 Å². The van der Waals surface area contributed by atoms with Crippen molar-refractivity contribution in [2.24, 2.45) is 0 Å². The second-order valence-corrected chi connectivity index (χ2v) is 5.37. The predicted molar refractivity (Wildman–Crippen MR) is 63.9 cm³/mol. The molecule has 138 valence electrons. The van der Waals surface area contributed by atoms with E-state index in [0.29, 0.717) is 6.92 Å². The summed E-state index contributed by atoms with van der Waals surface area (Å²) in [7, 11) is -5.75. The van der Waals surface area contributed by atoms with Crippen LogP contribution in [0.25, 0.3) is 0 Å². The molecule has 0 amide bonds. The van der Waals surface area contributed by atoms with Crippen LogP contribution in [0.1, 0.15) is 6.92 Å². The van der Waals surface area contributed by atoms with Gasteiger partial charge in [0.2, 0.25) is 0 Å². The number of aldehydes is 1. The molecule has 10 nitrogen and oxygen atoms in total. The Morgan fingerprint density at radius 2 is 1.61 bits per heavy atom. The van der Waals surface area contributed by atoms with E-state index in [2.05, 4.69) is 4.18 Å². The number of rotatable bonds is 6. The second-order valence-electron chi connectivity index (χ2n) is 3.83. The summed E-state index contributed by atoms with van der Waals surface area (Å²) in [4.78, 5) is 19.7. The number of hydrogen-bond acceptors (Lipinski definition) is 10. The summed E-state index contributed by atoms with van der Waals surface area (Å²) in [5, 5.41) is 43.5. The lowest BCUT2D eigenvalue weighted by Gasteiger charge is -2.22. The minimum absolute atomic E-state index is 0.0258. The Balaban J connectivity index is 0. The van der Waals surface area contributed by atoms with Crippen LogP contribution in [0.2, 0.25) is 0 Å². The zero-order valence-electron chi connectivity index (χ0n) is 11.4. The van der Waals surface area contributed by atoms with Gasteiger partial charge in [-0.3, -0.25) is 4.79 Å². The van der Waals surface area contributed by atoms with Crippen molar-refractivity contribution in [2.75, 3.05) is 6.61 Å². The van der Waals surface area contributed by atoms with E-state index >= 15 is 0 Å². The first-order valence-corrected chi connectivity index (χ1v) is 6.91. The molecule has 0 radical (unpaired) electrons. The van der Waals surface area contributed by atoms with E-state index in [1.807, 2.05) is 0 Å². The maximum Gasteiger partial charge on any atom is 0.534 e. The number of hydrogen-bond donors (Lipinski definition) is 5. The zero-order chi connectivity index (χ0) is 19.0. The molecule has 0 aliphatic heterocycles. The Bertz CT molecular complexity index is 476. The number of aliphatic hydroxyl groups is 5. The van der Waals surface area contributed by atoms with Gasteiger partial charge < -0.3 is 34.5 Å². The first-order chi connectivity index (χ1) is 10.2. The minimum Gasteiger partial charge on any atom is -0.394 e. The summed E-state index contributed by atoms with van der Waals surface area (Å²) >= 11 is 0. The largest absolute Gasteiger partial charge is 0.534 e. The van der Waals surface area contributed by atoms with Gasteiger partial charge in [-0.1, -0.05) is 0 Å². The van der Waals surface area contributed by atoms with Crippen LogP contribution in [0.15, 0.2) is 0 Å². The molecule has 0 saturated heterocycles. The third kappa shape index (κ3) is 8.77. The van der Waals surface area contributed by atoms with Gasteiger partial charge in [-0.25, -0.2) is 0 Å². The van der Waals surface area contributed by atoms with Crippen LogP contribution in [0.3, 0.4) is 0 Å². The average Bonchev–Trinajstić information content (AvgIpc) is 2.42. The first-order valence-electron chi connectivity index (χ1n) is 5.51. The minimum atomic E-state index is -5.75. The highest BCUT2D eigenvalue weighted by molar-refractivity contribution is 7.88. The Morgan fingerprint density at radius 1 is 1.17 bits per heavy atom. The van der Waals surface area contributed by atoms with E-state index in [4.69, 9.17) is 25.5 Å². The molecular formula is C9H15F3O10S. The fourth-order valence-electron chi connectivity index (χ4n) is 0.820. The molecule has 0 unspecified atom stereocenters. The monoisotopic (exact) mass is 372 g/mol. The van der Waals surface area contributed by atoms with Gasteiger partial charge in [0.25, 0.3) is 0 Å². The van der Waals surface area contributed by atoms with Crippen molar-refractivity contribution in [2.45, 2.75) is 36.8 Å². The summed E-state index contributed by atoms with van der Waals surface area (Å²) in [6, 6.07) is 0. The Hall–Kier alpha value is -1.32. The Morgan fingerprint density at radius 3 is 1.83 bits per heavy atom. The highest BCUT2D eigenvalue weighted by Crippen LogP contribution is 2.24. The van der Waals surface area contributed by atoms with Gasteiger partial charge in [-0.15, -0.1) is 0 Å². The van der Waals surface area contributed by atoms with Gasteiger partial charge in [0.15, 0.2) is 6.29 Å². The van der Waals surface area contributed by atoms with E-state index in [0.717, 1.165) is 0 Å². The molecule has 5 N–H and O–H groups in total. The van der Waals surface area contributed by atoms with Crippen molar-refractivity contribution in [3.8, 4) is 0 Å². The molecular weight excluding hydrogens is 357 g/mol. The summed E-state index contributed by atoms with van der Waals surface area (Å²) in [5.74, 6) is -1.53. The maximum absolute atomic E-state index is 11.3. The highest BCUT2D eigenvalue weighted by atomic mass is 32.2. The molecule has 0 aliphatic carbocycles. The number of carbonyl (C=O) groups is 2. The molecule has 0 aromatic heterocycles. The van der Waals surface area contributed by atoms with E-state index in [1.165, 1.54) is 0 Å². The van der Waals surface area contributed by atoms with Crippen molar-refractivity contribution < 1.29 is 60.9 Å². The predicted octanol–water partition coefficient (Wildman–Crippen LogP) is -2.98. The summed E-state index contributed by atoms with van der Waals surface area (Å²) < 4.78 is 56.8. The normalized spacial score (nSPS) is 17.1. The van der Waals surface area contributed by atoms with Gasteiger partial charge in [-0.05, 0) is 0 Å². The SMILES string of the molecule is CC(=O)OS(=O)(=O)C(F)(F)F.O=C[C@@H](O)[C@@H](O)[C@H](O)[C@H](O)CO. The quantitative estimate of drug-likeness (QED) is 0.183. The molecule has 14 heteroatoms. The molecule has 0 fully saturated rings. The first kappa shape index (κ1) is 23.9. The van der Waals surface area contributed by atoms with Gasteiger partial charge in [0.1, 0.15) is 24.4 Å². The fourth-order valence-corrected chi connectivity index (χ4v) is 1.22. The van der Waals surface area contributed by atoms with E-state index < -0.39 is 52.6 Å². The van der Waals surface area contributed by atoms with E-state index in [1.54, 1.807) is 0 Å². The van der Waals surface area contributed by atoms with Gasteiger partial charge in [-0.2, -0.15) is 21.6 Å². The third-order valence-electron chi connectivity index (χ3n) is 1.93. The molecule has 0 aromatic rings. The van der Waals surface area contributed by atoms with E-state index in [-0.39, 0.29) is 6.29 Å². The second kappa shape index (κ2) is 9.74. The number of alkyl halides is 3. The van der Waals surface area contributed by atoms with Crippen LogP contribution >= 0.6 is 0 Å². The summed E-state index contributed by atoms with van der Waals surface area (Å²) in [6.45, 7) is -0.201. The lowest BCUT2D eigenvalue weighted by molar-refractivity contribution is -0.136. The number of carbonyl (C=O) groups excluding carboxylic acids is 2. The van der Waals surface area contributed by atoms with Crippen LogP contribution in [0.4, 0.5) is 13.2 Å². The fraction of sp³-hybridized carbons (Fsp3) is 0.778. The van der Waals surface area contributed by atoms with Crippen molar-refractivity contribution in [1.29, 1.82) is 0 Å². The number of aliphatic hydroxyl groups excluding tert-OH is 5. The maximum atomic E-state index is 11.3. The molecule has 0 aliphatic rings. The molecule has 4 atom stereocenters. The molecule has 0 rings (SSSR count). The zero-order valence-corrected chi connectivity index (χ0v) is 12.2. The highest BCUT2D eigenvalue weighted by Gasteiger charge is 2.49. The molecule has 23 heavy (non-hydrogen) atoms. The summed E-state index contributed by atoms with van der Waals surface area (Å²) in [6.07, 6.45) is -6.84. The van der Waals surface area contributed by atoms with Crippen LogP contribution in [-0.2, 0) is 23.9 Å².